The van der Waals surface area contributed by atoms with Crippen molar-refractivity contribution in [2.45, 2.75) is 6.42 Å². The molecule has 1 aliphatic heterocycles. The van der Waals surface area contributed by atoms with Crippen LogP contribution in [0.25, 0.3) is 4.85 Å². The minimum absolute atomic E-state index is 0.140. The molecular weight excluding hydrogens is 229 g/mol. The van der Waals surface area contributed by atoms with Gasteiger partial charge in [-0.3, -0.25) is 4.90 Å². The monoisotopic (exact) mass is 247 g/mol. The maximum atomic E-state index is 13.6. The molecule has 0 aliphatic carbocycles. The van der Waals surface area contributed by atoms with E-state index < -0.39 is 0 Å². The Morgan fingerprint density at radius 2 is 1.89 bits per heavy atom. The zero-order valence-corrected chi connectivity index (χ0v) is 10.5. The van der Waals surface area contributed by atoms with E-state index in [0.717, 1.165) is 39.1 Å². The Balaban J connectivity index is 1.84. The van der Waals surface area contributed by atoms with Gasteiger partial charge in [-0.1, -0.05) is 12.1 Å². The SMILES string of the molecule is [C-]#[N+]CCCN1CCN(c2ccccc2F)CC1. The molecule has 0 bridgehead atoms. The third-order valence-corrected chi connectivity index (χ3v) is 3.31. The van der Waals surface area contributed by atoms with Gasteiger partial charge < -0.3 is 9.74 Å². The standard InChI is InChI=1S/C14H18FN3/c1-16-7-4-8-17-9-11-18(12-10-17)14-6-3-2-5-13(14)15/h2-3,5-6H,4,7-12H2. The van der Waals surface area contributed by atoms with Gasteiger partial charge in [-0.25, -0.2) is 11.0 Å². The molecule has 1 fully saturated rings. The van der Waals surface area contributed by atoms with Crippen molar-refractivity contribution in [2.75, 3.05) is 44.2 Å². The van der Waals surface area contributed by atoms with Gasteiger partial charge in [0.15, 0.2) is 0 Å². The first-order valence-electron chi connectivity index (χ1n) is 6.36. The highest BCUT2D eigenvalue weighted by Crippen LogP contribution is 2.20. The van der Waals surface area contributed by atoms with Gasteiger partial charge in [0.25, 0.3) is 0 Å². The lowest BCUT2D eigenvalue weighted by Crippen LogP contribution is -2.47. The average Bonchev–Trinajstić information content (AvgIpc) is 2.41. The van der Waals surface area contributed by atoms with Crippen molar-refractivity contribution < 1.29 is 4.39 Å². The van der Waals surface area contributed by atoms with Gasteiger partial charge in [0, 0.05) is 39.1 Å². The first-order chi connectivity index (χ1) is 8.81. The molecule has 0 saturated carbocycles. The minimum atomic E-state index is -0.140. The highest BCUT2D eigenvalue weighted by Gasteiger charge is 2.18. The number of piperazine rings is 1. The fraction of sp³-hybridized carbons (Fsp3) is 0.500. The molecule has 1 heterocycles. The van der Waals surface area contributed by atoms with Crippen LogP contribution in [0.5, 0.6) is 0 Å². The second-order valence-corrected chi connectivity index (χ2v) is 4.52. The molecule has 96 valence electrons. The quantitative estimate of drug-likeness (QED) is 0.597. The van der Waals surface area contributed by atoms with Crippen LogP contribution in [-0.4, -0.2) is 44.2 Å². The average molecular weight is 247 g/mol. The van der Waals surface area contributed by atoms with Gasteiger partial charge in [-0.05, 0) is 12.1 Å². The van der Waals surface area contributed by atoms with Crippen molar-refractivity contribution in [3.8, 4) is 0 Å². The number of halogens is 1. The van der Waals surface area contributed by atoms with Gasteiger partial charge in [0.05, 0.1) is 5.69 Å². The first kappa shape index (κ1) is 12.8. The van der Waals surface area contributed by atoms with Crippen LogP contribution >= 0.6 is 0 Å². The summed E-state index contributed by atoms with van der Waals surface area (Å²) in [5, 5.41) is 0. The lowest BCUT2D eigenvalue weighted by molar-refractivity contribution is 0.257. The molecular formula is C14H18FN3. The Morgan fingerprint density at radius 1 is 1.17 bits per heavy atom. The van der Waals surface area contributed by atoms with Crippen LogP contribution in [0.3, 0.4) is 0 Å². The summed E-state index contributed by atoms with van der Waals surface area (Å²) >= 11 is 0. The molecule has 18 heavy (non-hydrogen) atoms. The summed E-state index contributed by atoms with van der Waals surface area (Å²) in [5.41, 5.74) is 0.707. The van der Waals surface area contributed by atoms with E-state index in [0.29, 0.717) is 12.2 Å². The first-order valence-corrected chi connectivity index (χ1v) is 6.36. The van der Waals surface area contributed by atoms with E-state index in [-0.39, 0.29) is 5.82 Å². The Labute approximate surface area is 108 Å². The number of benzene rings is 1. The van der Waals surface area contributed by atoms with Crippen LogP contribution in [0.2, 0.25) is 0 Å². The van der Waals surface area contributed by atoms with E-state index >= 15 is 0 Å². The third-order valence-electron chi connectivity index (χ3n) is 3.31. The topological polar surface area (TPSA) is 10.8 Å². The molecule has 0 N–H and O–H groups in total. The van der Waals surface area contributed by atoms with Crippen molar-refractivity contribution in [3.05, 3.63) is 41.5 Å². The summed E-state index contributed by atoms with van der Waals surface area (Å²) < 4.78 is 13.6. The van der Waals surface area contributed by atoms with Gasteiger partial charge in [-0.15, -0.1) is 0 Å². The number of anilines is 1. The Kier molecular flexibility index (Phi) is 4.54. The number of rotatable bonds is 4. The second kappa shape index (κ2) is 6.36. The summed E-state index contributed by atoms with van der Waals surface area (Å²) in [6, 6.07) is 6.95. The molecule has 0 amide bonds. The smallest absolute Gasteiger partial charge is 0.215 e. The number of nitrogens with zero attached hydrogens (tertiary/aromatic N) is 3. The highest BCUT2D eigenvalue weighted by molar-refractivity contribution is 5.47. The van der Waals surface area contributed by atoms with Gasteiger partial charge in [0.1, 0.15) is 5.82 Å². The molecule has 1 aliphatic rings. The van der Waals surface area contributed by atoms with Gasteiger partial charge in [-0.2, -0.15) is 0 Å². The maximum absolute atomic E-state index is 13.6. The van der Waals surface area contributed by atoms with Crippen LogP contribution in [0.1, 0.15) is 6.42 Å². The molecule has 0 radical (unpaired) electrons. The Bertz CT molecular complexity index is 419. The lowest BCUT2D eigenvalue weighted by Gasteiger charge is -2.35. The number of hydrogen-bond acceptors (Lipinski definition) is 2. The Hall–Kier alpha value is -1.60. The molecule has 1 aromatic carbocycles. The molecule has 2 rings (SSSR count). The van der Waals surface area contributed by atoms with E-state index in [1.54, 1.807) is 6.07 Å². The highest BCUT2D eigenvalue weighted by atomic mass is 19.1. The van der Waals surface area contributed by atoms with Crippen molar-refractivity contribution in [1.29, 1.82) is 0 Å². The fourth-order valence-corrected chi connectivity index (χ4v) is 2.29. The zero-order valence-electron chi connectivity index (χ0n) is 10.5. The third kappa shape index (κ3) is 3.21. The molecule has 1 saturated heterocycles. The maximum Gasteiger partial charge on any atom is 0.215 e. The molecule has 0 spiro atoms. The molecule has 3 nitrogen and oxygen atoms in total. The van der Waals surface area contributed by atoms with E-state index in [2.05, 4.69) is 14.6 Å². The van der Waals surface area contributed by atoms with Crippen molar-refractivity contribution >= 4 is 5.69 Å². The summed E-state index contributed by atoms with van der Waals surface area (Å²) in [7, 11) is 0. The summed E-state index contributed by atoms with van der Waals surface area (Å²) in [6.45, 7) is 12.0. The molecule has 1 aromatic rings. The lowest BCUT2D eigenvalue weighted by atomic mass is 10.2. The van der Waals surface area contributed by atoms with E-state index in [1.165, 1.54) is 6.07 Å². The minimum Gasteiger partial charge on any atom is -0.367 e. The van der Waals surface area contributed by atoms with Gasteiger partial charge >= 0.3 is 0 Å². The largest absolute Gasteiger partial charge is 0.367 e. The Morgan fingerprint density at radius 3 is 2.56 bits per heavy atom. The number of hydrogen-bond donors (Lipinski definition) is 0. The van der Waals surface area contributed by atoms with E-state index in [4.69, 9.17) is 6.57 Å². The van der Waals surface area contributed by atoms with Crippen LogP contribution in [-0.2, 0) is 0 Å². The van der Waals surface area contributed by atoms with E-state index in [1.807, 2.05) is 12.1 Å². The molecule has 4 heteroatoms. The molecule has 0 unspecified atom stereocenters. The summed E-state index contributed by atoms with van der Waals surface area (Å²) in [5.74, 6) is -0.140. The fourth-order valence-electron chi connectivity index (χ4n) is 2.29. The van der Waals surface area contributed by atoms with Crippen LogP contribution in [0.15, 0.2) is 24.3 Å². The number of para-hydroxylation sites is 1. The summed E-state index contributed by atoms with van der Waals surface area (Å²) in [4.78, 5) is 7.81. The predicted octanol–water partition coefficient (Wildman–Crippen LogP) is 2.26. The second-order valence-electron chi connectivity index (χ2n) is 4.52. The van der Waals surface area contributed by atoms with Gasteiger partial charge in [0.2, 0.25) is 6.54 Å². The summed E-state index contributed by atoms with van der Waals surface area (Å²) in [6.07, 6.45) is 0.934. The van der Waals surface area contributed by atoms with Crippen LogP contribution in [0.4, 0.5) is 10.1 Å². The normalized spacial score (nSPS) is 16.6. The van der Waals surface area contributed by atoms with Crippen molar-refractivity contribution in [1.82, 2.24) is 4.90 Å². The van der Waals surface area contributed by atoms with Crippen molar-refractivity contribution in [2.24, 2.45) is 0 Å². The molecule has 0 atom stereocenters. The van der Waals surface area contributed by atoms with E-state index in [9.17, 15) is 4.39 Å². The van der Waals surface area contributed by atoms with Crippen molar-refractivity contribution in [3.63, 3.8) is 0 Å². The zero-order chi connectivity index (χ0) is 12.8. The molecule has 0 aromatic heterocycles. The predicted molar refractivity (Wildman–Crippen MR) is 71.1 cm³/mol. The van der Waals surface area contributed by atoms with Crippen LogP contribution < -0.4 is 4.90 Å². The van der Waals surface area contributed by atoms with Crippen LogP contribution in [0, 0.1) is 12.4 Å².